The van der Waals surface area contributed by atoms with Crippen molar-refractivity contribution in [2.24, 2.45) is 5.73 Å². The Balaban J connectivity index is 3.27. The van der Waals surface area contributed by atoms with Crippen LogP contribution in [0.3, 0.4) is 0 Å². The first-order valence-corrected chi connectivity index (χ1v) is 5.93. The average molecular weight is 356 g/mol. The van der Waals surface area contributed by atoms with Crippen LogP contribution in [0.1, 0.15) is 35.1 Å². The molecule has 0 radical (unpaired) electrons. The van der Waals surface area contributed by atoms with Crippen molar-refractivity contribution in [3.05, 3.63) is 26.6 Å². The molecule has 0 saturated carbocycles. The summed E-state index contributed by atoms with van der Waals surface area (Å²) in [7, 11) is 0. The van der Waals surface area contributed by atoms with Crippen molar-refractivity contribution in [3.63, 3.8) is 0 Å². The summed E-state index contributed by atoms with van der Waals surface area (Å²) >= 11 is 1.85. The number of halogens is 3. The van der Waals surface area contributed by atoms with E-state index in [2.05, 4.69) is 4.98 Å². The van der Waals surface area contributed by atoms with E-state index in [1.807, 2.05) is 22.6 Å². The first-order chi connectivity index (χ1) is 8.01. The fraction of sp³-hybridized carbons (Fsp3) is 0.400. The van der Waals surface area contributed by atoms with Crippen LogP contribution in [-0.2, 0) is 11.3 Å². The minimum atomic E-state index is -2.74. The topological polar surface area (TPSA) is 65.2 Å². The van der Waals surface area contributed by atoms with Gasteiger partial charge in [-0.25, -0.2) is 18.6 Å². The number of hydrogen-bond acceptors (Lipinski definition) is 4. The zero-order valence-electron chi connectivity index (χ0n) is 9.04. The van der Waals surface area contributed by atoms with Gasteiger partial charge in [0.15, 0.2) is 5.69 Å². The summed E-state index contributed by atoms with van der Waals surface area (Å²) < 4.78 is 30.4. The van der Waals surface area contributed by atoms with Crippen molar-refractivity contribution >= 4 is 28.6 Å². The second kappa shape index (κ2) is 6.20. The maximum atomic E-state index is 12.6. The molecule has 7 heteroatoms. The molecule has 1 aromatic heterocycles. The molecule has 0 amide bonds. The Labute approximate surface area is 111 Å². The van der Waals surface area contributed by atoms with E-state index in [-0.39, 0.29) is 18.8 Å². The van der Waals surface area contributed by atoms with E-state index in [4.69, 9.17) is 10.5 Å². The van der Waals surface area contributed by atoms with Crippen LogP contribution in [0.15, 0.2) is 6.07 Å². The Morgan fingerprint density at radius 3 is 2.76 bits per heavy atom. The largest absolute Gasteiger partial charge is 0.461 e. The van der Waals surface area contributed by atoms with E-state index in [0.29, 0.717) is 9.13 Å². The lowest BCUT2D eigenvalue weighted by atomic mass is 10.2. The highest BCUT2D eigenvalue weighted by molar-refractivity contribution is 14.1. The second-order valence-corrected chi connectivity index (χ2v) is 4.17. The van der Waals surface area contributed by atoms with Crippen LogP contribution >= 0.6 is 22.6 Å². The molecule has 1 aromatic rings. The molecule has 17 heavy (non-hydrogen) atoms. The lowest BCUT2D eigenvalue weighted by molar-refractivity contribution is 0.0516. The predicted octanol–water partition coefficient (Wildman–Crippen LogP) is 2.26. The van der Waals surface area contributed by atoms with Crippen molar-refractivity contribution < 1.29 is 18.3 Å². The van der Waals surface area contributed by atoms with Crippen LogP contribution in [0.4, 0.5) is 8.78 Å². The lowest BCUT2D eigenvalue weighted by Gasteiger charge is -2.10. The molecule has 0 saturated heterocycles. The van der Waals surface area contributed by atoms with Crippen molar-refractivity contribution in [2.75, 3.05) is 6.61 Å². The van der Waals surface area contributed by atoms with Gasteiger partial charge in [-0.15, -0.1) is 0 Å². The minimum Gasteiger partial charge on any atom is -0.461 e. The number of pyridine rings is 1. The molecule has 0 bridgehead atoms. The standard InChI is InChI=1S/C10H11F2IN2O2/c1-2-17-10(16)8-7(13)5(4-14)3-6(15-8)9(11)12/h3,9H,2,4,14H2,1H3. The zero-order chi connectivity index (χ0) is 13.0. The van der Waals surface area contributed by atoms with E-state index in [0.717, 1.165) is 0 Å². The summed E-state index contributed by atoms with van der Waals surface area (Å²) in [4.78, 5) is 15.1. The summed E-state index contributed by atoms with van der Waals surface area (Å²) in [5, 5.41) is 0. The van der Waals surface area contributed by atoms with Crippen molar-refractivity contribution in [1.29, 1.82) is 0 Å². The SMILES string of the molecule is CCOC(=O)c1nc(C(F)F)cc(CN)c1I. The second-order valence-electron chi connectivity index (χ2n) is 3.09. The van der Waals surface area contributed by atoms with Crippen LogP contribution in [0, 0.1) is 3.57 Å². The smallest absolute Gasteiger partial charge is 0.358 e. The minimum absolute atomic E-state index is 0.0624. The molecule has 0 aliphatic carbocycles. The van der Waals surface area contributed by atoms with E-state index in [1.54, 1.807) is 6.92 Å². The van der Waals surface area contributed by atoms with Crippen molar-refractivity contribution in [1.82, 2.24) is 4.98 Å². The van der Waals surface area contributed by atoms with Gasteiger partial charge in [0.05, 0.1) is 10.2 Å². The van der Waals surface area contributed by atoms with Gasteiger partial charge in [0, 0.05) is 6.54 Å². The fourth-order valence-electron chi connectivity index (χ4n) is 1.20. The summed E-state index contributed by atoms with van der Waals surface area (Å²) in [6, 6.07) is 1.20. The summed E-state index contributed by atoms with van der Waals surface area (Å²) in [5.74, 6) is -0.714. The molecular weight excluding hydrogens is 345 g/mol. The molecule has 94 valence electrons. The van der Waals surface area contributed by atoms with Crippen LogP contribution < -0.4 is 5.73 Å². The molecule has 0 aliphatic rings. The zero-order valence-corrected chi connectivity index (χ0v) is 11.2. The molecular formula is C10H11F2IN2O2. The average Bonchev–Trinajstić information content (AvgIpc) is 2.29. The van der Waals surface area contributed by atoms with Crippen molar-refractivity contribution in [3.8, 4) is 0 Å². The molecule has 2 N–H and O–H groups in total. The molecule has 0 aliphatic heterocycles. The highest BCUT2D eigenvalue weighted by atomic mass is 127. The third kappa shape index (κ3) is 3.32. The number of alkyl halides is 2. The normalized spacial score (nSPS) is 10.7. The number of ether oxygens (including phenoxy) is 1. The molecule has 1 heterocycles. The number of carbonyl (C=O) groups is 1. The molecule has 0 unspecified atom stereocenters. The number of nitrogens with zero attached hydrogens (tertiary/aromatic N) is 1. The quantitative estimate of drug-likeness (QED) is 0.664. The summed E-state index contributed by atoms with van der Waals surface area (Å²) in [6.07, 6.45) is -2.74. The van der Waals surface area contributed by atoms with Gasteiger partial charge in [0.2, 0.25) is 0 Å². The molecule has 0 aromatic carbocycles. The maximum Gasteiger partial charge on any atom is 0.358 e. The Kier molecular flexibility index (Phi) is 5.19. The Bertz CT molecular complexity index is 427. The first kappa shape index (κ1) is 14.2. The Morgan fingerprint density at radius 2 is 2.29 bits per heavy atom. The first-order valence-electron chi connectivity index (χ1n) is 4.85. The van der Waals surface area contributed by atoms with Crippen molar-refractivity contribution in [2.45, 2.75) is 19.9 Å². The van der Waals surface area contributed by atoms with Gasteiger partial charge >= 0.3 is 5.97 Å². The van der Waals surface area contributed by atoms with Crippen LogP contribution in [-0.4, -0.2) is 17.6 Å². The van der Waals surface area contributed by atoms with Crippen LogP contribution in [0.2, 0.25) is 0 Å². The third-order valence-electron chi connectivity index (χ3n) is 1.97. The van der Waals surface area contributed by atoms with Gasteiger partial charge in [-0.1, -0.05) is 0 Å². The fourth-order valence-corrected chi connectivity index (χ4v) is 1.92. The highest BCUT2D eigenvalue weighted by Crippen LogP contribution is 2.23. The molecule has 1 rings (SSSR count). The van der Waals surface area contributed by atoms with E-state index < -0.39 is 18.1 Å². The van der Waals surface area contributed by atoms with Gasteiger partial charge < -0.3 is 10.5 Å². The molecule has 0 fully saturated rings. The number of carbonyl (C=O) groups excluding carboxylic acids is 1. The van der Waals surface area contributed by atoms with Gasteiger partial charge in [0.25, 0.3) is 6.43 Å². The maximum absolute atomic E-state index is 12.6. The van der Waals surface area contributed by atoms with Gasteiger partial charge in [0.1, 0.15) is 5.69 Å². The number of aromatic nitrogens is 1. The van der Waals surface area contributed by atoms with Gasteiger partial charge in [-0.05, 0) is 41.1 Å². The molecule has 0 spiro atoms. The predicted molar refractivity (Wildman–Crippen MR) is 65.8 cm³/mol. The number of rotatable bonds is 4. The Hall–Kier alpha value is -0.830. The number of nitrogens with two attached hydrogens (primary N) is 1. The van der Waals surface area contributed by atoms with E-state index in [9.17, 15) is 13.6 Å². The number of hydrogen-bond donors (Lipinski definition) is 1. The molecule has 0 atom stereocenters. The van der Waals surface area contributed by atoms with Gasteiger partial charge in [-0.3, -0.25) is 0 Å². The highest BCUT2D eigenvalue weighted by Gasteiger charge is 2.20. The van der Waals surface area contributed by atoms with Gasteiger partial charge in [-0.2, -0.15) is 0 Å². The number of esters is 1. The van der Waals surface area contributed by atoms with E-state index in [1.165, 1.54) is 6.07 Å². The third-order valence-corrected chi connectivity index (χ3v) is 3.17. The van der Waals surface area contributed by atoms with Crippen LogP contribution in [0.25, 0.3) is 0 Å². The lowest BCUT2D eigenvalue weighted by Crippen LogP contribution is -2.14. The molecule has 4 nitrogen and oxygen atoms in total. The summed E-state index contributed by atoms with van der Waals surface area (Å²) in [5.41, 5.74) is 5.32. The monoisotopic (exact) mass is 356 g/mol. The van der Waals surface area contributed by atoms with Crippen LogP contribution in [0.5, 0.6) is 0 Å². The summed E-state index contributed by atoms with van der Waals surface area (Å²) in [6.45, 7) is 1.85. The Morgan fingerprint density at radius 1 is 1.65 bits per heavy atom. The van der Waals surface area contributed by atoms with E-state index >= 15 is 0 Å².